The lowest BCUT2D eigenvalue weighted by Crippen LogP contribution is -2.03. The topological polar surface area (TPSA) is 43.9 Å². The molecule has 0 atom stereocenters. The van der Waals surface area contributed by atoms with Crippen molar-refractivity contribution in [2.75, 3.05) is 0 Å². The first-order chi connectivity index (χ1) is 24.3. The molecule has 4 heterocycles. The molecule has 5 heteroatoms. The first-order valence-corrected chi connectivity index (χ1v) is 17.3. The number of benzene rings is 7. The van der Waals surface area contributed by atoms with Gasteiger partial charge in [0, 0.05) is 52.7 Å². The molecular weight excluding hydrogens is 619 g/mol. The molecule has 49 heavy (non-hydrogen) atoms. The van der Waals surface area contributed by atoms with E-state index in [0.29, 0.717) is 5.95 Å². The molecule has 4 nitrogen and oxygen atoms in total. The van der Waals surface area contributed by atoms with Gasteiger partial charge in [-0.25, -0.2) is 9.97 Å². The van der Waals surface area contributed by atoms with Crippen LogP contribution in [0.4, 0.5) is 0 Å². The summed E-state index contributed by atoms with van der Waals surface area (Å²) in [4.78, 5) is 10.8. The molecule has 0 radical (unpaired) electrons. The molecule has 4 aromatic heterocycles. The molecular formula is C44H23N3OS. The van der Waals surface area contributed by atoms with Crippen LogP contribution >= 0.6 is 11.3 Å². The number of hydrogen-bond acceptors (Lipinski definition) is 4. The summed E-state index contributed by atoms with van der Waals surface area (Å²) in [5, 5.41) is 13.0. The van der Waals surface area contributed by atoms with Crippen LogP contribution in [-0.4, -0.2) is 14.5 Å². The highest BCUT2D eigenvalue weighted by atomic mass is 32.1. The maximum absolute atomic E-state index is 6.57. The maximum Gasteiger partial charge on any atom is 0.235 e. The largest absolute Gasteiger partial charge is 0.456 e. The fraction of sp³-hybridized carbons (Fsp3) is 0. The van der Waals surface area contributed by atoms with Gasteiger partial charge in [-0.05, 0) is 64.0 Å². The summed E-state index contributed by atoms with van der Waals surface area (Å²) in [5.74, 6) is 0.655. The van der Waals surface area contributed by atoms with E-state index in [2.05, 4.69) is 144 Å². The number of hydrogen-bond donors (Lipinski definition) is 0. The van der Waals surface area contributed by atoms with Crippen molar-refractivity contribution in [3.05, 3.63) is 140 Å². The second-order valence-electron chi connectivity index (χ2n) is 12.9. The van der Waals surface area contributed by atoms with E-state index >= 15 is 0 Å². The average Bonchev–Trinajstić information content (AvgIpc) is 3.83. The van der Waals surface area contributed by atoms with Crippen molar-refractivity contribution in [1.82, 2.24) is 14.5 Å². The Balaban J connectivity index is 1.29. The lowest BCUT2D eigenvalue weighted by Gasteiger charge is -2.12. The average molecular weight is 642 g/mol. The van der Waals surface area contributed by atoms with E-state index in [0.717, 1.165) is 55.1 Å². The first-order valence-electron chi connectivity index (χ1n) is 16.5. The Hall–Kier alpha value is -6.30. The first kappa shape index (κ1) is 25.7. The van der Waals surface area contributed by atoms with Crippen molar-refractivity contribution < 1.29 is 4.42 Å². The third-order valence-corrected chi connectivity index (χ3v) is 11.5. The molecule has 0 spiro atoms. The molecule has 0 aliphatic rings. The predicted molar refractivity (Wildman–Crippen MR) is 206 cm³/mol. The van der Waals surface area contributed by atoms with Crippen molar-refractivity contribution >= 4 is 108 Å². The van der Waals surface area contributed by atoms with Crippen molar-refractivity contribution in [3.8, 4) is 17.2 Å². The quantitative estimate of drug-likeness (QED) is 0.189. The van der Waals surface area contributed by atoms with Gasteiger partial charge in [0.2, 0.25) is 5.95 Å². The number of fused-ring (bicyclic) bond motifs is 7. The Morgan fingerprint density at radius 1 is 0.429 bits per heavy atom. The fourth-order valence-electron chi connectivity index (χ4n) is 8.42. The minimum absolute atomic E-state index is 0.655. The third-order valence-electron chi connectivity index (χ3n) is 10.4. The van der Waals surface area contributed by atoms with Gasteiger partial charge in [-0.3, -0.25) is 4.57 Å². The van der Waals surface area contributed by atoms with E-state index in [1.807, 2.05) is 11.3 Å². The van der Waals surface area contributed by atoms with Gasteiger partial charge in [-0.15, -0.1) is 11.3 Å². The van der Waals surface area contributed by atoms with Crippen molar-refractivity contribution in [2.45, 2.75) is 0 Å². The van der Waals surface area contributed by atoms with Crippen LogP contribution in [0.15, 0.2) is 144 Å². The van der Waals surface area contributed by atoms with Crippen LogP contribution in [0.2, 0.25) is 0 Å². The van der Waals surface area contributed by atoms with E-state index in [4.69, 9.17) is 14.4 Å². The highest BCUT2D eigenvalue weighted by molar-refractivity contribution is 7.25. The van der Waals surface area contributed by atoms with Crippen LogP contribution in [-0.2, 0) is 0 Å². The summed E-state index contributed by atoms with van der Waals surface area (Å²) in [5.41, 5.74) is 6.89. The zero-order chi connectivity index (χ0) is 31.8. The van der Waals surface area contributed by atoms with Gasteiger partial charge in [0.25, 0.3) is 0 Å². The third kappa shape index (κ3) is 3.27. The van der Waals surface area contributed by atoms with Crippen molar-refractivity contribution in [3.63, 3.8) is 0 Å². The molecule has 8 aromatic carbocycles. The Kier molecular flexibility index (Phi) is 4.83. The summed E-state index contributed by atoms with van der Waals surface area (Å²) in [6.45, 7) is 0. The summed E-state index contributed by atoms with van der Waals surface area (Å²) < 4.78 is 11.4. The minimum Gasteiger partial charge on any atom is -0.456 e. The zero-order valence-corrected chi connectivity index (χ0v) is 26.8. The Labute approximate surface area is 282 Å². The van der Waals surface area contributed by atoms with Crippen LogP contribution in [0.25, 0.3) is 114 Å². The number of nitrogens with zero attached hydrogens (tertiary/aromatic N) is 3. The van der Waals surface area contributed by atoms with Gasteiger partial charge in [-0.2, -0.15) is 0 Å². The molecule has 0 saturated carbocycles. The molecule has 12 aromatic rings. The molecule has 0 saturated heterocycles. The fourth-order valence-corrected chi connectivity index (χ4v) is 9.55. The number of rotatable bonds is 2. The SMILES string of the molecule is c1ccc2c(-c3cccc4sc5ccccc5c34)nc(-n3c4cccc5c6ccccc6c6cccc7oc8ccc3c(c8c76)c54)nc2c1. The van der Waals surface area contributed by atoms with Gasteiger partial charge in [-0.1, -0.05) is 97.1 Å². The molecule has 0 fully saturated rings. The van der Waals surface area contributed by atoms with Crippen LogP contribution in [0.1, 0.15) is 0 Å². The zero-order valence-electron chi connectivity index (χ0n) is 25.9. The molecule has 0 amide bonds. The van der Waals surface area contributed by atoms with Gasteiger partial charge < -0.3 is 4.42 Å². The minimum atomic E-state index is 0.655. The maximum atomic E-state index is 6.57. The molecule has 0 aliphatic heterocycles. The lowest BCUT2D eigenvalue weighted by molar-refractivity contribution is 0.669. The van der Waals surface area contributed by atoms with E-state index in [1.54, 1.807) is 0 Å². The number of aromatic nitrogens is 3. The van der Waals surface area contributed by atoms with Gasteiger partial charge in [0.05, 0.1) is 22.2 Å². The predicted octanol–water partition coefficient (Wildman–Crippen LogP) is 12.4. The van der Waals surface area contributed by atoms with Crippen LogP contribution in [0, 0.1) is 0 Å². The number of furan rings is 1. The Morgan fingerprint density at radius 2 is 1.08 bits per heavy atom. The van der Waals surface area contributed by atoms with Gasteiger partial charge in [0.15, 0.2) is 0 Å². The van der Waals surface area contributed by atoms with Crippen LogP contribution < -0.4 is 0 Å². The molecule has 0 unspecified atom stereocenters. The summed E-state index contributed by atoms with van der Waals surface area (Å²) in [6, 6.07) is 49.8. The Morgan fingerprint density at radius 3 is 1.96 bits per heavy atom. The normalized spacial score (nSPS) is 12.5. The van der Waals surface area contributed by atoms with Crippen molar-refractivity contribution in [2.24, 2.45) is 0 Å². The van der Waals surface area contributed by atoms with Crippen LogP contribution in [0.3, 0.4) is 0 Å². The van der Waals surface area contributed by atoms with Crippen LogP contribution in [0.5, 0.6) is 0 Å². The highest BCUT2D eigenvalue weighted by Crippen LogP contribution is 2.47. The molecule has 226 valence electrons. The molecule has 12 rings (SSSR count). The van der Waals surface area contributed by atoms with E-state index < -0.39 is 0 Å². The number of thiophene rings is 1. The monoisotopic (exact) mass is 641 g/mol. The van der Waals surface area contributed by atoms with Gasteiger partial charge >= 0.3 is 0 Å². The molecule has 0 N–H and O–H groups in total. The summed E-state index contributed by atoms with van der Waals surface area (Å²) in [7, 11) is 0. The van der Waals surface area contributed by atoms with E-state index in [9.17, 15) is 0 Å². The number of para-hydroxylation sites is 1. The van der Waals surface area contributed by atoms with E-state index in [1.165, 1.54) is 52.5 Å². The van der Waals surface area contributed by atoms with Crippen molar-refractivity contribution in [1.29, 1.82) is 0 Å². The Bertz CT molecular complexity index is 3350. The summed E-state index contributed by atoms with van der Waals surface area (Å²) in [6.07, 6.45) is 0. The van der Waals surface area contributed by atoms with Gasteiger partial charge in [0.1, 0.15) is 11.2 Å². The second-order valence-corrected chi connectivity index (χ2v) is 13.9. The lowest BCUT2D eigenvalue weighted by atomic mass is 9.95. The standard InChI is InChI=1S/C44H23N3OS/c1-2-11-25-24(10-1)26-14-7-18-32-39(26)41-33(22-23-35-42(41)40-27(25)15-8-19-34(40)48-35)47(32)44-45-31-17-5-3-12-28(31)43(46-44)30-16-9-21-37-38(30)29-13-4-6-20-36(29)49-37/h1-23H. The highest BCUT2D eigenvalue weighted by Gasteiger charge is 2.24. The smallest absolute Gasteiger partial charge is 0.235 e. The molecule has 0 bridgehead atoms. The van der Waals surface area contributed by atoms with E-state index in [-0.39, 0.29) is 0 Å². The second kappa shape index (κ2) is 9.19. The summed E-state index contributed by atoms with van der Waals surface area (Å²) >= 11 is 1.83. The molecule has 0 aliphatic carbocycles.